The van der Waals surface area contributed by atoms with E-state index in [2.05, 4.69) is 4.98 Å². The van der Waals surface area contributed by atoms with Crippen LogP contribution in [0.5, 0.6) is 5.75 Å². The summed E-state index contributed by atoms with van der Waals surface area (Å²) in [5.41, 5.74) is 5.43. The van der Waals surface area contributed by atoms with Gasteiger partial charge in [0.25, 0.3) is 0 Å². The Morgan fingerprint density at radius 1 is 1.48 bits per heavy atom. The van der Waals surface area contributed by atoms with Crippen molar-refractivity contribution in [1.29, 1.82) is 0 Å². The van der Waals surface area contributed by atoms with Gasteiger partial charge >= 0.3 is 11.8 Å². The van der Waals surface area contributed by atoms with Crippen molar-refractivity contribution in [2.75, 3.05) is 12.3 Å². The molecule has 2 aromatic rings. The molecule has 1 aromatic carbocycles. The van der Waals surface area contributed by atoms with Crippen molar-refractivity contribution in [1.82, 2.24) is 9.55 Å². The summed E-state index contributed by atoms with van der Waals surface area (Å²) >= 11 is 0. The van der Waals surface area contributed by atoms with Crippen LogP contribution in [0.3, 0.4) is 0 Å². The number of nitro groups is 1. The van der Waals surface area contributed by atoms with Gasteiger partial charge in [-0.3, -0.25) is 0 Å². The van der Waals surface area contributed by atoms with Crippen molar-refractivity contribution in [3.8, 4) is 5.75 Å². The number of carboxylic acid groups (broad SMARTS) is 1. The number of aromatic hydroxyl groups is 1. The van der Waals surface area contributed by atoms with Crippen LogP contribution in [-0.4, -0.2) is 42.4 Å². The number of nitrogens with two attached hydrogens (primary N) is 1. The zero-order valence-electron chi connectivity index (χ0n) is 12.2. The maximum atomic E-state index is 10.4. The van der Waals surface area contributed by atoms with Gasteiger partial charge < -0.3 is 31.2 Å². The molecule has 0 saturated heterocycles. The Morgan fingerprint density at radius 3 is 2.61 bits per heavy atom. The molecule has 0 bridgehead atoms. The predicted molar refractivity (Wildman–Crippen MR) is 80.2 cm³/mol. The number of carbonyl (C=O) groups is 1. The van der Waals surface area contributed by atoms with Gasteiger partial charge in [-0.05, 0) is 23.1 Å². The summed E-state index contributed by atoms with van der Waals surface area (Å²) in [7, 11) is 0. The summed E-state index contributed by atoms with van der Waals surface area (Å²) < 4.78 is 1.36. The number of rotatable bonds is 4. The highest BCUT2D eigenvalue weighted by Crippen LogP contribution is 2.19. The summed E-state index contributed by atoms with van der Waals surface area (Å²) in [5.74, 6) is -1.00. The largest absolute Gasteiger partial charge is 0.507 e. The third-order valence-corrected chi connectivity index (χ3v) is 2.80. The number of hydrogen-bond acceptors (Lipinski definition) is 7. The lowest BCUT2D eigenvalue weighted by molar-refractivity contribution is -0.392. The van der Waals surface area contributed by atoms with Crippen molar-refractivity contribution < 1.29 is 25.0 Å². The molecule has 10 nitrogen and oxygen atoms in total. The van der Waals surface area contributed by atoms with Gasteiger partial charge in [-0.2, -0.15) is 0 Å². The van der Waals surface area contributed by atoms with Crippen LogP contribution in [0, 0.1) is 17.0 Å². The molecular weight excluding hydrogens is 308 g/mol. The number of aliphatic hydroxyl groups is 1. The topological polar surface area (TPSA) is 165 Å². The molecule has 1 aromatic heterocycles. The first-order valence-corrected chi connectivity index (χ1v) is 6.37. The van der Waals surface area contributed by atoms with Gasteiger partial charge in [0.2, 0.25) is 0 Å². The molecule has 0 atom stereocenters. The second-order valence-electron chi connectivity index (χ2n) is 4.38. The molecule has 0 saturated carbocycles. The van der Waals surface area contributed by atoms with Crippen LogP contribution in [0.2, 0.25) is 0 Å². The molecular formula is C13H16N4O6. The monoisotopic (exact) mass is 324 g/mol. The fourth-order valence-electron chi connectivity index (χ4n) is 1.70. The third kappa shape index (κ3) is 4.68. The molecule has 0 unspecified atom stereocenters. The minimum atomic E-state index is -1.19. The number of hydrogen-bond donors (Lipinski definition) is 4. The number of anilines is 1. The van der Waals surface area contributed by atoms with Crippen molar-refractivity contribution >= 4 is 17.5 Å². The van der Waals surface area contributed by atoms with Gasteiger partial charge in [0.05, 0.1) is 6.61 Å². The Morgan fingerprint density at radius 2 is 2.13 bits per heavy atom. The van der Waals surface area contributed by atoms with Gasteiger partial charge in [0.15, 0.2) is 5.82 Å². The van der Waals surface area contributed by atoms with Gasteiger partial charge in [-0.25, -0.2) is 14.3 Å². The van der Waals surface area contributed by atoms with E-state index in [0.29, 0.717) is 11.5 Å². The number of aromatic nitrogens is 2. The van der Waals surface area contributed by atoms with Crippen LogP contribution in [0.1, 0.15) is 16.2 Å². The Hall–Kier alpha value is -3.14. The predicted octanol–water partition coefficient (Wildman–Crippen LogP) is 0.765. The molecule has 0 radical (unpaired) electrons. The number of imidazole rings is 1. The first kappa shape index (κ1) is 17.9. The van der Waals surface area contributed by atoms with Crippen LogP contribution < -0.4 is 5.73 Å². The summed E-state index contributed by atoms with van der Waals surface area (Å²) in [6.07, 6.45) is 1.19. The van der Waals surface area contributed by atoms with E-state index in [1.54, 1.807) is 6.92 Å². The molecule has 23 heavy (non-hydrogen) atoms. The highest BCUT2D eigenvalue weighted by molar-refractivity contribution is 5.91. The molecule has 0 spiro atoms. The number of benzene rings is 1. The quantitative estimate of drug-likeness (QED) is 0.277. The average Bonchev–Trinajstić information content (AvgIpc) is 2.84. The molecule has 0 amide bonds. The average molecular weight is 324 g/mol. The van der Waals surface area contributed by atoms with E-state index >= 15 is 0 Å². The fraction of sp³-hybridized carbons (Fsp3) is 0.231. The van der Waals surface area contributed by atoms with Gasteiger partial charge in [-0.1, -0.05) is 0 Å². The molecule has 0 fully saturated rings. The normalized spacial score (nSPS) is 9.83. The minimum Gasteiger partial charge on any atom is -0.507 e. The van der Waals surface area contributed by atoms with E-state index in [-0.39, 0.29) is 30.3 Å². The highest BCUT2D eigenvalue weighted by atomic mass is 16.6. The minimum absolute atomic E-state index is 0.0819. The lowest BCUT2D eigenvalue weighted by Gasteiger charge is -1.98. The van der Waals surface area contributed by atoms with E-state index in [1.165, 1.54) is 29.0 Å². The number of aromatic carboxylic acids is 1. The summed E-state index contributed by atoms with van der Waals surface area (Å²) in [5, 5.41) is 36.4. The van der Waals surface area contributed by atoms with Crippen molar-refractivity contribution in [3.63, 3.8) is 0 Å². The van der Waals surface area contributed by atoms with Gasteiger partial charge in [0, 0.05) is 12.6 Å². The lowest BCUT2D eigenvalue weighted by atomic mass is 10.2. The van der Waals surface area contributed by atoms with Crippen LogP contribution in [0.4, 0.5) is 11.5 Å². The van der Waals surface area contributed by atoms with E-state index in [4.69, 9.17) is 21.1 Å². The van der Waals surface area contributed by atoms with Gasteiger partial charge in [-0.15, -0.1) is 0 Å². The van der Waals surface area contributed by atoms with E-state index in [1.807, 2.05) is 0 Å². The standard InChI is InChI=1S/C7H7NO3.C6H9N3O3/c8-4-1-2-6(9)5(3-4)7(10)11;1-5-7-4-6(9(11)12)8(5)2-3-10/h1-3,9H,8H2,(H,10,11);4,10H,2-3H2,1H3. The zero-order chi connectivity index (χ0) is 17.6. The van der Waals surface area contributed by atoms with Crippen LogP contribution in [0.15, 0.2) is 24.4 Å². The number of phenols is 1. The van der Waals surface area contributed by atoms with Crippen LogP contribution >= 0.6 is 0 Å². The second kappa shape index (κ2) is 7.75. The summed E-state index contributed by atoms with van der Waals surface area (Å²) in [6, 6.07) is 3.89. The Bertz CT molecular complexity index is 712. The maximum absolute atomic E-state index is 10.4. The second-order valence-corrected chi connectivity index (χ2v) is 4.38. The molecule has 5 N–H and O–H groups in total. The number of carboxylic acids is 1. The fourth-order valence-corrected chi connectivity index (χ4v) is 1.70. The molecule has 2 rings (SSSR count). The summed E-state index contributed by atoms with van der Waals surface area (Å²) in [6.45, 7) is 1.74. The van der Waals surface area contributed by atoms with E-state index in [0.717, 1.165) is 0 Å². The Balaban J connectivity index is 0.000000231. The Labute approximate surface area is 130 Å². The van der Waals surface area contributed by atoms with E-state index in [9.17, 15) is 14.9 Å². The molecule has 0 aliphatic rings. The van der Waals surface area contributed by atoms with Crippen molar-refractivity contribution in [3.05, 3.63) is 45.9 Å². The Kier molecular flexibility index (Phi) is 6.04. The smallest absolute Gasteiger partial charge is 0.342 e. The van der Waals surface area contributed by atoms with E-state index < -0.39 is 10.9 Å². The van der Waals surface area contributed by atoms with Crippen molar-refractivity contribution in [2.45, 2.75) is 13.5 Å². The molecule has 1 heterocycles. The maximum Gasteiger partial charge on any atom is 0.342 e. The number of nitrogens with zero attached hydrogens (tertiary/aromatic N) is 3. The van der Waals surface area contributed by atoms with Crippen molar-refractivity contribution in [2.24, 2.45) is 0 Å². The van der Waals surface area contributed by atoms with Crippen LogP contribution in [0.25, 0.3) is 0 Å². The number of aryl methyl sites for hydroxylation is 1. The number of nitrogen functional groups attached to an aromatic ring is 1. The molecule has 10 heteroatoms. The summed E-state index contributed by atoms with van der Waals surface area (Å²) in [4.78, 5) is 24.0. The first-order chi connectivity index (χ1) is 10.8. The van der Waals surface area contributed by atoms with Crippen LogP contribution in [-0.2, 0) is 6.54 Å². The SMILES string of the molecule is Cc1ncc([N+](=O)[O-])n1CCO.Nc1ccc(O)c(C(=O)O)c1. The third-order valence-electron chi connectivity index (χ3n) is 2.80. The first-order valence-electron chi connectivity index (χ1n) is 6.37. The molecule has 0 aliphatic carbocycles. The highest BCUT2D eigenvalue weighted by Gasteiger charge is 2.15. The number of aliphatic hydroxyl groups excluding tert-OH is 1. The molecule has 124 valence electrons. The molecule has 0 aliphatic heterocycles. The van der Waals surface area contributed by atoms with Gasteiger partial charge in [0.1, 0.15) is 24.1 Å². The lowest BCUT2D eigenvalue weighted by Crippen LogP contribution is -2.07. The zero-order valence-corrected chi connectivity index (χ0v) is 12.2.